The summed E-state index contributed by atoms with van der Waals surface area (Å²) in [5, 5.41) is 31.4. The SMILES string of the molecule is CC(C)[C@@H]1CC[C@@](C)(O)[C@@H]2CC[C@@]3(O)C[C@]21O[C@@H]3O. The quantitative estimate of drug-likeness (QED) is 0.674. The van der Waals surface area contributed by atoms with Gasteiger partial charge in [-0.05, 0) is 44.4 Å². The summed E-state index contributed by atoms with van der Waals surface area (Å²) in [5.41, 5.74) is -2.42. The number of ether oxygens (including phenoxy) is 1. The van der Waals surface area contributed by atoms with Crippen LogP contribution in [0, 0.1) is 17.8 Å². The second-order valence-corrected chi connectivity index (χ2v) is 7.54. The first-order chi connectivity index (χ1) is 8.71. The molecule has 1 aliphatic heterocycles. The zero-order valence-electron chi connectivity index (χ0n) is 12.1. The van der Waals surface area contributed by atoms with Gasteiger partial charge < -0.3 is 20.1 Å². The Kier molecular flexibility index (Phi) is 2.86. The van der Waals surface area contributed by atoms with E-state index >= 15 is 0 Å². The summed E-state index contributed by atoms with van der Waals surface area (Å²) >= 11 is 0. The van der Waals surface area contributed by atoms with Crippen molar-refractivity contribution < 1.29 is 20.1 Å². The predicted octanol–water partition coefficient (Wildman–Crippen LogP) is 1.42. The number of hydrogen-bond donors (Lipinski definition) is 3. The Balaban J connectivity index is 2.04. The molecule has 0 radical (unpaired) electrons. The molecule has 0 unspecified atom stereocenters. The highest BCUT2D eigenvalue weighted by Crippen LogP contribution is 2.61. The number of fused-ring (bicyclic) bond motifs is 1. The molecule has 3 aliphatic rings. The average molecular weight is 270 g/mol. The highest BCUT2D eigenvalue weighted by Gasteiger charge is 2.68. The summed E-state index contributed by atoms with van der Waals surface area (Å²) in [6.07, 6.45) is 2.27. The van der Waals surface area contributed by atoms with Crippen molar-refractivity contribution in [3.63, 3.8) is 0 Å². The smallest absolute Gasteiger partial charge is 0.184 e. The molecule has 2 bridgehead atoms. The van der Waals surface area contributed by atoms with Crippen molar-refractivity contribution in [3.8, 4) is 0 Å². The van der Waals surface area contributed by atoms with E-state index in [4.69, 9.17) is 4.74 Å². The molecule has 4 nitrogen and oxygen atoms in total. The minimum Gasteiger partial charge on any atom is -0.390 e. The summed E-state index contributed by atoms with van der Waals surface area (Å²) in [7, 11) is 0. The lowest BCUT2D eigenvalue weighted by Gasteiger charge is -2.56. The van der Waals surface area contributed by atoms with Crippen LogP contribution in [-0.2, 0) is 4.74 Å². The van der Waals surface area contributed by atoms with Crippen molar-refractivity contribution in [2.24, 2.45) is 17.8 Å². The predicted molar refractivity (Wildman–Crippen MR) is 70.3 cm³/mol. The van der Waals surface area contributed by atoms with Crippen molar-refractivity contribution in [2.45, 2.75) is 76.0 Å². The van der Waals surface area contributed by atoms with Gasteiger partial charge in [0.25, 0.3) is 0 Å². The molecule has 6 atom stereocenters. The first-order valence-corrected chi connectivity index (χ1v) is 7.52. The number of rotatable bonds is 1. The molecule has 0 aromatic rings. The summed E-state index contributed by atoms with van der Waals surface area (Å²) in [6.45, 7) is 6.21. The Bertz CT molecular complexity index is 380. The van der Waals surface area contributed by atoms with Crippen LogP contribution >= 0.6 is 0 Å². The van der Waals surface area contributed by atoms with Crippen molar-refractivity contribution in [1.82, 2.24) is 0 Å². The van der Waals surface area contributed by atoms with Crippen LogP contribution in [0.5, 0.6) is 0 Å². The largest absolute Gasteiger partial charge is 0.390 e. The van der Waals surface area contributed by atoms with Crippen LogP contribution in [0.15, 0.2) is 0 Å². The fourth-order valence-corrected chi connectivity index (χ4v) is 5.06. The van der Waals surface area contributed by atoms with Gasteiger partial charge in [-0.1, -0.05) is 13.8 Å². The normalized spacial score (nSPS) is 57.3. The van der Waals surface area contributed by atoms with Crippen molar-refractivity contribution in [1.29, 1.82) is 0 Å². The monoisotopic (exact) mass is 270 g/mol. The van der Waals surface area contributed by atoms with Crippen LogP contribution in [0.25, 0.3) is 0 Å². The fraction of sp³-hybridized carbons (Fsp3) is 1.00. The van der Waals surface area contributed by atoms with Gasteiger partial charge >= 0.3 is 0 Å². The molecule has 4 heteroatoms. The second-order valence-electron chi connectivity index (χ2n) is 7.54. The van der Waals surface area contributed by atoms with Gasteiger partial charge in [-0.25, -0.2) is 0 Å². The Morgan fingerprint density at radius 2 is 1.84 bits per heavy atom. The minimum atomic E-state index is -1.11. The lowest BCUT2D eigenvalue weighted by molar-refractivity contribution is -0.239. The zero-order valence-corrected chi connectivity index (χ0v) is 12.1. The summed E-state index contributed by atoms with van der Waals surface area (Å²) in [4.78, 5) is 0. The van der Waals surface area contributed by atoms with E-state index in [9.17, 15) is 15.3 Å². The van der Waals surface area contributed by atoms with E-state index in [1.807, 2.05) is 6.92 Å². The Hall–Kier alpha value is -0.160. The molecule has 3 rings (SSSR count). The lowest BCUT2D eigenvalue weighted by Crippen LogP contribution is -2.61. The maximum atomic E-state index is 10.7. The van der Waals surface area contributed by atoms with Gasteiger partial charge in [0, 0.05) is 12.3 Å². The van der Waals surface area contributed by atoms with Crippen molar-refractivity contribution in [3.05, 3.63) is 0 Å². The summed E-state index contributed by atoms with van der Waals surface area (Å²) in [5.74, 6) is 0.728. The average Bonchev–Trinajstić information content (AvgIpc) is 2.44. The molecule has 0 aromatic heterocycles. The third-order valence-electron chi connectivity index (χ3n) is 5.97. The highest BCUT2D eigenvalue weighted by atomic mass is 16.6. The fourth-order valence-electron chi connectivity index (χ4n) is 5.06. The highest BCUT2D eigenvalue weighted by molar-refractivity contribution is 5.16. The Labute approximate surface area is 114 Å². The first kappa shape index (κ1) is 13.8. The van der Waals surface area contributed by atoms with E-state index in [1.54, 1.807) is 0 Å². The summed E-state index contributed by atoms with van der Waals surface area (Å²) < 4.78 is 5.93. The maximum absolute atomic E-state index is 10.7. The zero-order chi connectivity index (χ0) is 14.1. The molecule has 1 heterocycles. The Morgan fingerprint density at radius 1 is 1.16 bits per heavy atom. The summed E-state index contributed by atoms with van der Waals surface area (Å²) in [6, 6.07) is 0. The lowest BCUT2D eigenvalue weighted by atomic mass is 9.53. The molecule has 3 fully saturated rings. The molecule has 0 amide bonds. The number of hydrogen-bond acceptors (Lipinski definition) is 4. The van der Waals surface area contributed by atoms with E-state index < -0.39 is 23.1 Å². The topological polar surface area (TPSA) is 69.9 Å². The number of aliphatic hydroxyl groups is 3. The van der Waals surface area contributed by atoms with E-state index in [1.165, 1.54) is 0 Å². The third kappa shape index (κ3) is 1.73. The molecule has 0 aromatic carbocycles. The van der Waals surface area contributed by atoms with Gasteiger partial charge in [-0.3, -0.25) is 0 Å². The first-order valence-electron chi connectivity index (χ1n) is 7.52. The van der Waals surface area contributed by atoms with Crippen molar-refractivity contribution in [2.75, 3.05) is 0 Å². The molecule has 1 spiro atoms. The van der Waals surface area contributed by atoms with Gasteiger partial charge in [0.1, 0.15) is 5.60 Å². The van der Waals surface area contributed by atoms with Gasteiger partial charge in [0.05, 0.1) is 11.2 Å². The number of aliphatic hydroxyl groups excluding tert-OH is 1. The second kappa shape index (κ2) is 3.94. The van der Waals surface area contributed by atoms with Gasteiger partial charge in [0.2, 0.25) is 0 Å². The minimum absolute atomic E-state index is 0.0126. The van der Waals surface area contributed by atoms with E-state index in [2.05, 4.69) is 13.8 Å². The molecule has 19 heavy (non-hydrogen) atoms. The van der Waals surface area contributed by atoms with Gasteiger partial charge in [-0.15, -0.1) is 0 Å². The van der Waals surface area contributed by atoms with Gasteiger partial charge in [0.15, 0.2) is 6.29 Å². The van der Waals surface area contributed by atoms with Crippen LogP contribution in [0.4, 0.5) is 0 Å². The molecule has 2 saturated carbocycles. The Morgan fingerprint density at radius 3 is 2.47 bits per heavy atom. The van der Waals surface area contributed by atoms with E-state index in [-0.39, 0.29) is 5.92 Å². The van der Waals surface area contributed by atoms with Gasteiger partial charge in [-0.2, -0.15) is 0 Å². The van der Waals surface area contributed by atoms with Crippen molar-refractivity contribution >= 4 is 0 Å². The van der Waals surface area contributed by atoms with Crippen LogP contribution in [0.2, 0.25) is 0 Å². The van der Waals surface area contributed by atoms with Crippen LogP contribution in [0.3, 0.4) is 0 Å². The van der Waals surface area contributed by atoms with Crippen LogP contribution in [0.1, 0.15) is 52.9 Å². The van der Waals surface area contributed by atoms with Crippen LogP contribution in [-0.4, -0.2) is 38.4 Å². The maximum Gasteiger partial charge on any atom is 0.184 e. The molecular weight excluding hydrogens is 244 g/mol. The standard InChI is InChI=1S/C15H26O4/c1-9(2)10-4-6-13(3,17)11-5-7-14(18)8-15(10,11)19-12(14)16/h9-12,16-18H,4-8H2,1-3H3/t10-,11-,12-,13+,14+,15+/m0/s1. The molecular formula is C15H26O4. The van der Waals surface area contributed by atoms with Crippen LogP contribution < -0.4 is 0 Å². The third-order valence-corrected chi connectivity index (χ3v) is 5.97. The molecule has 1 saturated heterocycles. The van der Waals surface area contributed by atoms with E-state index in [0.717, 1.165) is 19.3 Å². The van der Waals surface area contributed by atoms with E-state index in [0.29, 0.717) is 24.7 Å². The molecule has 3 N–H and O–H groups in total. The molecule has 2 aliphatic carbocycles. The molecule has 110 valence electrons.